The first-order chi connectivity index (χ1) is 11.2. The fourth-order valence-electron chi connectivity index (χ4n) is 2.07. The molecule has 3 N–H and O–H groups in total. The number of benzene rings is 1. The first kappa shape index (κ1) is 17.4. The molecule has 1 aromatic heterocycles. The van der Waals surface area contributed by atoms with Crippen molar-refractivity contribution in [2.75, 3.05) is 12.8 Å². The molecule has 0 spiro atoms. The van der Waals surface area contributed by atoms with Gasteiger partial charge < -0.3 is 20.1 Å². The minimum absolute atomic E-state index is 0.164. The number of nitrogens with zero attached hydrogens (tertiary/aromatic N) is 2. The quantitative estimate of drug-likeness (QED) is 0.604. The number of hydrogen-bond donors (Lipinski definition) is 2. The molecule has 0 aliphatic rings. The summed E-state index contributed by atoms with van der Waals surface area (Å²) < 4.78 is 32.3. The Kier molecular flexibility index (Phi) is 4.57. The number of carbonyl (C=O) groups excluding carboxylic acids is 1. The Labute approximate surface area is 142 Å². The van der Waals surface area contributed by atoms with Crippen LogP contribution >= 0.6 is 15.9 Å². The highest BCUT2D eigenvalue weighted by molar-refractivity contribution is 9.10. The van der Waals surface area contributed by atoms with Gasteiger partial charge in [-0.25, -0.2) is 18.4 Å². The number of methoxy groups -OCH3 is 1. The summed E-state index contributed by atoms with van der Waals surface area (Å²) in [6.45, 7) is 0. The van der Waals surface area contributed by atoms with E-state index in [9.17, 15) is 23.5 Å². The monoisotopic (exact) mass is 399 g/mol. The molecule has 1 aromatic carbocycles. The number of rotatable bonds is 3. The smallest absolute Gasteiger partial charge is 0.357 e. The van der Waals surface area contributed by atoms with Crippen LogP contribution in [0.4, 0.5) is 14.5 Å². The molecule has 0 aliphatic heterocycles. The Morgan fingerprint density at radius 3 is 2.58 bits per heavy atom. The first-order valence-corrected chi connectivity index (χ1v) is 6.94. The van der Waals surface area contributed by atoms with Gasteiger partial charge in [-0.2, -0.15) is 5.26 Å². The Morgan fingerprint density at radius 1 is 1.46 bits per heavy atom. The fraction of sp³-hybridized carbons (Fsp3) is 0.0714. The lowest BCUT2D eigenvalue weighted by Crippen LogP contribution is -2.15. The van der Waals surface area contributed by atoms with Crippen LogP contribution in [0, 0.1) is 23.0 Å². The van der Waals surface area contributed by atoms with Crippen LogP contribution in [-0.2, 0) is 4.74 Å². The van der Waals surface area contributed by atoms with Crippen LogP contribution in [0.3, 0.4) is 0 Å². The lowest BCUT2D eigenvalue weighted by Gasteiger charge is -2.14. The van der Waals surface area contributed by atoms with Gasteiger partial charge in [-0.15, -0.1) is 0 Å². The predicted molar refractivity (Wildman–Crippen MR) is 80.8 cm³/mol. The number of esters is 1. The van der Waals surface area contributed by atoms with Crippen molar-refractivity contribution in [3.05, 3.63) is 45.2 Å². The molecule has 0 bridgehead atoms. The average molecular weight is 400 g/mol. The van der Waals surface area contributed by atoms with Gasteiger partial charge in [0.05, 0.1) is 34.1 Å². The molecule has 0 fully saturated rings. The Morgan fingerprint density at radius 2 is 2.08 bits per heavy atom. The van der Waals surface area contributed by atoms with Crippen molar-refractivity contribution in [2.24, 2.45) is 0 Å². The van der Waals surface area contributed by atoms with E-state index in [-0.39, 0.29) is 16.9 Å². The van der Waals surface area contributed by atoms with Crippen molar-refractivity contribution in [3.63, 3.8) is 0 Å². The Hall–Kier alpha value is -2.93. The van der Waals surface area contributed by atoms with Crippen LogP contribution < -0.4 is 5.73 Å². The molecule has 0 saturated heterocycles. The number of hydrogen-bond acceptors (Lipinski definition) is 5. The molecule has 0 amide bonds. The van der Waals surface area contributed by atoms with Gasteiger partial charge in [-0.1, -0.05) is 0 Å². The average Bonchev–Trinajstić information content (AvgIpc) is 2.87. The maximum Gasteiger partial charge on any atom is 0.357 e. The second-order valence-corrected chi connectivity index (χ2v) is 5.26. The zero-order chi connectivity index (χ0) is 18.2. The van der Waals surface area contributed by atoms with Gasteiger partial charge in [0, 0.05) is 6.20 Å². The number of ether oxygens (including phenoxy) is 1. The lowest BCUT2D eigenvalue weighted by atomic mass is 10.1. The van der Waals surface area contributed by atoms with Crippen LogP contribution in [0.2, 0.25) is 0 Å². The third kappa shape index (κ3) is 2.59. The van der Waals surface area contributed by atoms with E-state index in [2.05, 4.69) is 20.7 Å². The number of nitrogens with two attached hydrogens (primary N) is 1. The minimum Gasteiger partial charge on any atom is -0.478 e. The third-order valence-corrected chi connectivity index (χ3v) is 3.88. The van der Waals surface area contributed by atoms with E-state index >= 15 is 0 Å². The topological polar surface area (TPSA) is 118 Å². The van der Waals surface area contributed by atoms with Crippen LogP contribution in [0.15, 0.2) is 16.7 Å². The number of nitriles is 1. The van der Waals surface area contributed by atoms with E-state index in [4.69, 9.17) is 11.0 Å². The van der Waals surface area contributed by atoms with Gasteiger partial charge in [0.15, 0.2) is 17.3 Å². The first-order valence-electron chi connectivity index (χ1n) is 6.14. The summed E-state index contributed by atoms with van der Waals surface area (Å²) >= 11 is 2.77. The van der Waals surface area contributed by atoms with Crippen molar-refractivity contribution in [1.29, 1.82) is 5.26 Å². The Bertz CT molecular complexity index is 918. The number of carboxylic acid groups (broad SMARTS) is 1. The highest BCUT2D eigenvalue weighted by Crippen LogP contribution is 2.34. The van der Waals surface area contributed by atoms with Crippen LogP contribution in [0.25, 0.3) is 5.69 Å². The molecule has 0 radical (unpaired) electrons. The second-order valence-electron chi connectivity index (χ2n) is 4.47. The number of anilines is 1. The van der Waals surface area contributed by atoms with Gasteiger partial charge in [-0.05, 0) is 22.0 Å². The molecule has 2 aromatic rings. The number of aromatic carboxylic acids is 1. The lowest BCUT2D eigenvalue weighted by molar-refractivity contribution is 0.0590. The van der Waals surface area contributed by atoms with E-state index in [0.717, 1.165) is 17.9 Å². The normalized spacial score (nSPS) is 10.3. The molecule has 7 nitrogen and oxygen atoms in total. The molecule has 24 heavy (non-hydrogen) atoms. The Balaban J connectivity index is 2.97. The fourth-order valence-corrected chi connectivity index (χ4v) is 2.67. The van der Waals surface area contributed by atoms with Gasteiger partial charge in [0.2, 0.25) is 0 Å². The maximum atomic E-state index is 13.9. The summed E-state index contributed by atoms with van der Waals surface area (Å²) in [6.07, 6.45) is 1.03. The molecule has 10 heteroatoms. The zero-order valence-electron chi connectivity index (χ0n) is 11.9. The molecular weight excluding hydrogens is 392 g/mol. The van der Waals surface area contributed by atoms with E-state index < -0.39 is 39.3 Å². The maximum absolute atomic E-state index is 13.9. The van der Waals surface area contributed by atoms with E-state index in [0.29, 0.717) is 6.07 Å². The minimum atomic E-state index is -1.58. The van der Waals surface area contributed by atoms with Crippen molar-refractivity contribution in [1.82, 2.24) is 4.57 Å². The largest absolute Gasteiger partial charge is 0.478 e. The zero-order valence-corrected chi connectivity index (χ0v) is 13.5. The third-order valence-electron chi connectivity index (χ3n) is 3.15. The number of halogens is 3. The summed E-state index contributed by atoms with van der Waals surface area (Å²) in [5.41, 5.74) is 3.81. The number of carboxylic acids is 1. The highest BCUT2D eigenvalue weighted by Gasteiger charge is 2.28. The van der Waals surface area contributed by atoms with Crippen LogP contribution in [-0.4, -0.2) is 28.7 Å². The molecule has 2 rings (SSSR count). The second kappa shape index (κ2) is 6.29. The summed E-state index contributed by atoms with van der Waals surface area (Å²) in [7, 11) is 1.05. The van der Waals surface area contributed by atoms with Gasteiger partial charge >= 0.3 is 11.9 Å². The summed E-state index contributed by atoms with van der Waals surface area (Å²) in [6, 6.07) is 2.17. The standard InChI is InChI=1S/C14H8BrF2N3O4/c1-24-14(23)12-10(19)5(3-18)4-20(12)11-6(13(21)22)2-7(16)9(17)8(11)15/h2,4H,19H2,1H3,(H,21,22). The van der Waals surface area contributed by atoms with Gasteiger partial charge in [0.25, 0.3) is 0 Å². The van der Waals surface area contributed by atoms with Crippen molar-refractivity contribution < 1.29 is 28.2 Å². The summed E-state index contributed by atoms with van der Waals surface area (Å²) in [5.74, 6) is -5.33. The molecule has 124 valence electrons. The van der Waals surface area contributed by atoms with Crippen molar-refractivity contribution >= 4 is 33.6 Å². The van der Waals surface area contributed by atoms with Gasteiger partial charge in [-0.3, -0.25) is 0 Å². The molecule has 0 saturated carbocycles. The van der Waals surface area contributed by atoms with Crippen molar-refractivity contribution in [3.8, 4) is 11.8 Å². The van der Waals surface area contributed by atoms with E-state index in [1.807, 2.05) is 0 Å². The van der Waals surface area contributed by atoms with E-state index in [1.165, 1.54) is 0 Å². The summed E-state index contributed by atoms with van der Waals surface area (Å²) in [5, 5.41) is 18.3. The molecule has 0 aliphatic carbocycles. The number of nitrogen functional groups attached to an aromatic ring is 1. The summed E-state index contributed by atoms with van der Waals surface area (Å²) in [4.78, 5) is 23.3. The van der Waals surface area contributed by atoms with E-state index in [1.54, 1.807) is 6.07 Å². The highest BCUT2D eigenvalue weighted by atomic mass is 79.9. The molecular formula is C14H8BrF2N3O4. The molecule has 0 atom stereocenters. The van der Waals surface area contributed by atoms with Crippen LogP contribution in [0.1, 0.15) is 26.4 Å². The number of aromatic nitrogens is 1. The predicted octanol–water partition coefficient (Wildman–Crippen LogP) is 2.46. The van der Waals surface area contributed by atoms with Gasteiger partial charge in [0.1, 0.15) is 6.07 Å². The SMILES string of the molecule is COC(=O)c1c(N)c(C#N)cn1-c1c(C(=O)O)cc(F)c(F)c1Br. The number of carbonyl (C=O) groups is 2. The molecule has 0 unspecified atom stereocenters. The molecule has 1 heterocycles. The van der Waals surface area contributed by atoms with Crippen LogP contribution in [0.5, 0.6) is 0 Å². The van der Waals surface area contributed by atoms with Crippen molar-refractivity contribution in [2.45, 2.75) is 0 Å².